The standard InChI is InChI=1S/C16H30N2O6/c1-15(2,3)24-14(20)18-8-5-6-16(21,12-18)13(19)17-7-9-23-11-10-22-4/h21H,5-12H2,1-4H3,(H,17,19)/t16-/m1/s1. The van der Waals surface area contributed by atoms with Crippen molar-refractivity contribution in [2.75, 3.05) is 46.6 Å². The van der Waals surface area contributed by atoms with Crippen LogP contribution in [-0.2, 0) is 19.0 Å². The maximum atomic E-state index is 12.2. The number of methoxy groups -OCH3 is 1. The van der Waals surface area contributed by atoms with Gasteiger partial charge in [-0.25, -0.2) is 4.79 Å². The predicted octanol–water partition coefficient (Wildman–Crippen LogP) is 0.528. The maximum absolute atomic E-state index is 12.2. The van der Waals surface area contributed by atoms with Crippen molar-refractivity contribution in [3.63, 3.8) is 0 Å². The molecule has 2 amide bonds. The second-order valence-corrected chi connectivity index (χ2v) is 6.90. The Morgan fingerprint density at radius 1 is 1.25 bits per heavy atom. The minimum Gasteiger partial charge on any atom is -0.444 e. The Morgan fingerprint density at radius 2 is 1.96 bits per heavy atom. The Hall–Kier alpha value is -1.38. The van der Waals surface area contributed by atoms with E-state index in [1.165, 1.54) is 4.90 Å². The highest BCUT2D eigenvalue weighted by Gasteiger charge is 2.42. The molecule has 0 aromatic rings. The van der Waals surface area contributed by atoms with Gasteiger partial charge >= 0.3 is 6.09 Å². The molecule has 0 aromatic carbocycles. The number of nitrogens with one attached hydrogen (secondary N) is 1. The van der Waals surface area contributed by atoms with E-state index in [1.807, 2.05) is 0 Å². The quantitative estimate of drug-likeness (QED) is 0.653. The Labute approximate surface area is 143 Å². The summed E-state index contributed by atoms with van der Waals surface area (Å²) in [5, 5.41) is 13.2. The maximum Gasteiger partial charge on any atom is 0.410 e. The number of likely N-dealkylation sites (tertiary alicyclic amines) is 1. The van der Waals surface area contributed by atoms with Crippen LogP contribution in [0.15, 0.2) is 0 Å². The predicted molar refractivity (Wildman–Crippen MR) is 87.7 cm³/mol. The van der Waals surface area contributed by atoms with Crippen LogP contribution in [0.25, 0.3) is 0 Å². The van der Waals surface area contributed by atoms with Crippen LogP contribution in [0, 0.1) is 0 Å². The van der Waals surface area contributed by atoms with E-state index in [0.29, 0.717) is 39.2 Å². The van der Waals surface area contributed by atoms with Gasteiger partial charge in [0.1, 0.15) is 5.60 Å². The second kappa shape index (κ2) is 9.19. The molecular formula is C16H30N2O6. The van der Waals surface area contributed by atoms with Crippen molar-refractivity contribution < 1.29 is 28.9 Å². The first-order valence-corrected chi connectivity index (χ1v) is 8.23. The second-order valence-electron chi connectivity index (χ2n) is 6.90. The van der Waals surface area contributed by atoms with Crippen LogP contribution in [0.2, 0.25) is 0 Å². The molecule has 1 saturated heterocycles. The average Bonchev–Trinajstić information content (AvgIpc) is 2.49. The van der Waals surface area contributed by atoms with E-state index >= 15 is 0 Å². The van der Waals surface area contributed by atoms with Crippen molar-refractivity contribution in [2.24, 2.45) is 0 Å². The summed E-state index contributed by atoms with van der Waals surface area (Å²) in [6.45, 7) is 7.28. The van der Waals surface area contributed by atoms with Gasteiger partial charge in [-0.2, -0.15) is 0 Å². The molecular weight excluding hydrogens is 316 g/mol. The minimum atomic E-state index is -1.60. The molecule has 0 unspecified atom stereocenters. The fourth-order valence-corrected chi connectivity index (χ4v) is 2.35. The molecule has 1 heterocycles. The number of ether oxygens (including phenoxy) is 3. The lowest BCUT2D eigenvalue weighted by Gasteiger charge is -2.38. The lowest BCUT2D eigenvalue weighted by atomic mass is 9.92. The molecule has 0 spiro atoms. The molecule has 0 radical (unpaired) electrons. The lowest BCUT2D eigenvalue weighted by Crippen LogP contribution is -2.59. The van der Waals surface area contributed by atoms with Crippen LogP contribution in [0.4, 0.5) is 4.79 Å². The molecule has 0 saturated carbocycles. The Kier molecular flexibility index (Phi) is 7.92. The zero-order valence-corrected chi connectivity index (χ0v) is 15.1. The molecule has 0 bridgehead atoms. The largest absolute Gasteiger partial charge is 0.444 e. The van der Waals surface area contributed by atoms with Crippen LogP contribution in [-0.4, -0.2) is 79.8 Å². The number of hydrogen-bond donors (Lipinski definition) is 2. The van der Waals surface area contributed by atoms with Crippen LogP contribution in [0.3, 0.4) is 0 Å². The van der Waals surface area contributed by atoms with Crippen molar-refractivity contribution >= 4 is 12.0 Å². The molecule has 1 atom stereocenters. The van der Waals surface area contributed by atoms with Gasteiger partial charge in [0.05, 0.1) is 26.4 Å². The SMILES string of the molecule is COCCOCCNC(=O)[C@@]1(O)CCCN(C(=O)OC(C)(C)C)C1. The van der Waals surface area contributed by atoms with Crippen molar-refractivity contribution in [2.45, 2.75) is 44.8 Å². The van der Waals surface area contributed by atoms with E-state index in [2.05, 4.69) is 5.32 Å². The van der Waals surface area contributed by atoms with Crippen molar-refractivity contribution in [3.8, 4) is 0 Å². The van der Waals surface area contributed by atoms with Crippen molar-refractivity contribution in [1.29, 1.82) is 0 Å². The number of piperidine rings is 1. The first-order valence-electron chi connectivity index (χ1n) is 8.23. The first-order chi connectivity index (χ1) is 11.2. The van der Waals surface area contributed by atoms with Gasteiger partial charge < -0.3 is 29.5 Å². The summed E-state index contributed by atoms with van der Waals surface area (Å²) in [6.07, 6.45) is 0.326. The summed E-state index contributed by atoms with van der Waals surface area (Å²) >= 11 is 0. The van der Waals surface area contributed by atoms with E-state index in [4.69, 9.17) is 14.2 Å². The monoisotopic (exact) mass is 346 g/mol. The number of carbonyl (C=O) groups is 2. The van der Waals surface area contributed by atoms with E-state index in [9.17, 15) is 14.7 Å². The molecule has 0 aromatic heterocycles. The third kappa shape index (κ3) is 7.02. The third-order valence-electron chi connectivity index (χ3n) is 3.51. The molecule has 8 nitrogen and oxygen atoms in total. The van der Waals surface area contributed by atoms with Gasteiger partial charge in [-0.15, -0.1) is 0 Å². The number of nitrogens with zero attached hydrogens (tertiary/aromatic N) is 1. The summed E-state index contributed by atoms with van der Waals surface area (Å²) < 4.78 is 15.4. The fourth-order valence-electron chi connectivity index (χ4n) is 2.35. The van der Waals surface area contributed by atoms with Gasteiger partial charge in [0.15, 0.2) is 5.60 Å². The number of amides is 2. The highest BCUT2D eigenvalue weighted by atomic mass is 16.6. The number of β-amino-alcohol motifs (C(OH)–C–C–N with tert-alkyl or cyclic N) is 1. The summed E-state index contributed by atoms with van der Waals surface area (Å²) in [6, 6.07) is 0. The molecule has 1 fully saturated rings. The summed E-state index contributed by atoms with van der Waals surface area (Å²) in [4.78, 5) is 25.7. The number of hydrogen-bond acceptors (Lipinski definition) is 6. The van der Waals surface area contributed by atoms with Gasteiger partial charge in [-0.3, -0.25) is 4.79 Å². The first kappa shape index (κ1) is 20.7. The highest BCUT2D eigenvalue weighted by molar-refractivity contribution is 5.86. The van der Waals surface area contributed by atoms with E-state index < -0.39 is 23.2 Å². The van der Waals surface area contributed by atoms with Gasteiger partial charge in [-0.05, 0) is 33.6 Å². The normalized spacial score (nSPS) is 21.5. The zero-order valence-electron chi connectivity index (χ0n) is 15.1. The molecule has 140 valence electrons. The smallest absolute Gasteiger partial charge is 0.410 e. The molecule has 2 N–H and O–H groups in total. The summed E-state index contributed by atoms with van der Waals surface area (Å²) in [7, 11) is 1.58. The van der Waals surface area contributed by atoms with E-state index in [0.717, 1.165) is 0 Å². The molecule has 24 heavy (non-hydrogen) atoms. The summed E-state index contributed by atoms with van der Waals surface area (Å²) in [5.74, 6) is -0.494. The van der Waals surface area contributed by atoms with Gasteiger partial charge in [0.2, 0.25) is 0 Å². The summed E-state index contributed by atoms with van der Waals surface area (Å²) in [5.41, 5.74) is -2.21. The number of aliphatic hydroxyl groups is 1. The average molecular weight is 346 g/mol. The topological polar surface area (TPSA) is 97.3 Å². The van der Waals surface area contributed by atoms with Gasteiger partial charge in [0.25, 0.3) is 5.91 Å². The molecule has 8 heteroatoms. The fraction of sp³-hybridized carbons (Fsp3) is 0.875. The molecule has 1 rings (SSSR count). The van der Waals surface area contributed by atoms with Crippen LogP contribution in [0.5, 0.6) is 0 Å². The van der Waals surface area contributed by atoms with Crippen molar-refractivity contribution in [1.82, 2.24) is 10.2 Å². The highest BCUT2D eigenvalue weighted by Crippen LogP contribution is 2.23. The van der Waals surface area contributed by atoms with Gasteiger partial charge in [0, 0.05) is 20.2 Å². The Bertz CT molecular complexity index is 423. The number of rotatable bonds is 7. The zero-order chi connectivity index (χ0) is 18.2. The number of carbonyl (C=O) groups excluding carboxylic acids is 2. The minimum absolute atomic E-state index is 0.0712. The van der Waals surface area contributed by atoms with E-state index in [1.54, 1.807) is 27.9 Å². The van der Waals surface area contributed by atoms with Crippen LogP contribution in [0.1, 0.15) is 33.6 Å². The van der Waals surface area contributed by atoms with Crippen LogP contribution >= 0.6 is 0 Å². The molecule has 1 aliphatic heterocycles. The Morgan fingerprint density at radius 3 is 2.58 bits per heavy atom. The molecule has 0 aliphatic carbocycles. The van der Waals surface area contributed by atoms with Crippen molar-refractivity contribution in [3.05, 3.63) is 0 Å². The lowest BCUT2D eigenvalue weighted by molar-refractivity contribution is -0.145. The van der Waals surface area contributed by atoms with Gasteiger partial charge in [-0.1, -0.05) is 0 Å². The third-order valence-corrected chi connectivity index (χ3v) is 3.51. The van der Waals surface area contributed by atoms with E-state index in [-0.39, 0.29) is 13.1 Å². The van der Waals surface area contributed by atoms with Crippen LogP contribution < -0.4 is 5.32 Å². The Balaban J connectivity index is 2.45. The molecule has 1 aliphatic rings.